The molecule has 1 saturated heterocycles. The fourth-order valence-electron chi connectivity index (χ4n) is 3.17. The quantitative estimate of drug-likeness (QED) is 0.731. The first kappa shape index (κ1) is 18.9. The van der Waals surface area contributed by atoms with E-state index >= 15 is 0 Å². The molecule has 1 fully saturated rings. The summed E-state index contributed by atoms with van der Waals surface area (Å²) in [5, 5.41) is 3.25. The number of hydrogen-bond acceptors (Lipinski definition) is 5. The molecule has 0 radical (unpaired) electrons. The Morgan fingerprint density at radius 2 is 1.89 bits per heavy atom. The highest BCUT2D eigenvalue weighted by atomic mass is 16.5. The number of amides is 1. The standard InChI is InChI=1S/C19H24N4O4/c1-21-12-14(18(25)22(2)19(21)26)11-20-15-10-17(24)23(13-15)8-9-27-16-6-4-3-5-7-16/h3-7,12,15,20H,8-11,13H2,1-2H3/t15-/m0/s1. The highest BCUT2D eigenvalue weighted by Crippen LogP contribution is 2.12. The predicted octanol–water partition coefficient (Wildman–Crippen LogP) is -0.146. The molecule has 0 bridgehead atoms. The Labute approximate surface area is 157 Å². The first-order chi connectivity index (χ1) is 13.0. The van der Waals surface area contributed by atoms with Gasteiger partial charge in [-0.1, -0.05) is 18.2 Å². The molecule has 1 aromatic heterocycles. The van der Waals surface area contributed by atoms with E-state index in [0.717, 1.165) is 10.3 Å². The Bertz CT molecular complexity index is 920. The monoisotopic (exact) mass is 372 g/mol. The molecule has 8 nitrogen and oxygen atoms in total. The van der Waals surface area contributed by atoms with Crippen molar-refractivity contribution in [2.75, 3.05) is 19.7 Å². The summed E-state index contributed by atoms with van der Waals surface area (Å²) < 4.78 is 8.11. The zero-order valence-corrected chi connectivity index (χ0v) is 15.6. The van der Waals surface area contributed by atoms with Gasteiger partial charge in [-0.15, -0.1) is 0 Å². The van der Waals surface area contributed by atoms with Gasteiger partial charge >= 0.3 is 5.69 Å². The average Bonchev–Trinajstić information content (AvgIpc) is 3.02. The van der Waals surface area contributed by atoms with Crippen LogP contribution in [0.4, 0.5) is 0 Å². The summed E-state index contributed by atoms with van der Waals surface area (Å²) in [6, 6.07) is 9.45. The van der Waals surface area contributed by atoms with Crippen LogP contribution >= 0.6 is 0 Å². The van der Waals surface area contributed by atoms with E-state index in [0.29, 0.717) is 38.2 Å². The van der Waals surface area contributed by atoms with E-state index in [4.69, 9.17) is 4.74 Å². The zero-order valence-electron chi connectivity index (χ0n) is 15.6. The number of likely N-dealkylation sites (tertiary alicyclic amines) is 1. The smallest absolute Gasteiger partial charge is 0.330 e. The van der Waals surface area contributed by atoms with Crippen LogP contribution in [0.25, 0.3) is 0 Å². The lowest BCUT2D eigenvalue weighted by molar-refractivity contribution is -0.128. The number of aryl methyl sites for hydroxylation is 1. The SMILES string of the molecule is Cn1cc(CN[C@H]2CC(=O)N(CCOc3ccccc3)C2)c(=O)n(C)c1=O. The van der Waals surface area contributed by atoms with Gasteiger partial charge in [0.1, 0.15) is 12.4 Å². The molecular weight excluding hydrogens is 348 g/mol. The van der Waals surface area contributed by atoms with Crippen LogP contribution in [0.5, 0.6) is 5.75 Å². The summed E-state index contributed by atoms with van der Waals surface area (Å²) >= 11 is 0. The van der Waals surface area contributed by atoms with Crippen molar-refractivity contribution in [3.05, 3.63) is 62.9 Å². The van der Waals surface area contributed by atoms with Gasteiger partial charge in [0.25, 0.3) is 5.56 Å². The normalized spacial score (nSPS) is 16.7. The van der Waals surface area contributed by atoms with Gasteiger partial charge in [-0.25, -0.2) is 4.79 Å². The number of nitrogens with one attached hydrogen (secondary N) is 1. The Hall–Kier alpha value is -2.87. The third kappa shape index (κ3) is 4.46. The maximum absolute atomic E-state index is 12.2. The molecule has 1 aromatic carbocycles. The molecule has 1 N–H and O–H groups in total. The molecule has 8 heteroatoms. The van der Waals surface area contributed by atoms with Gasteiger partial charge in [0.2, 0.25) is 5.91 Å². The number of hydrogen-bond donors (Lipinski definition) is 1. The van der Waals surface area contributed by atoms with Gasteiger partial charge in [0.05, 0.1) is 6.54 Å². The molecule has 0 unspecified atom stereocenters. The third-order valence-corrected chi connectivity index (χ3v) is 4.69. The second-order valence-electron chi connectivity index (χ2n) is 6.70. The maximum Gasteiger partial charge on any atom is 0.330 e. The minimum absolute atomic E-state index is 0.0313. The molecule has 0 aliphatic carbocycles. The second-order valence-corrected chi connectivity index (χ2v) is 6.70. The minimum Gasteiger partial charge on any atom is -0.492 e. The van der Waals surface area contributed by atoms with Gasteiger partial charge in [0, 0.05) is 51.4 Å². The molecule has 2 heterocycles. The first-order valence-corrected chi connectivity index (χ1v) is 8.90. The summed E-state index contributed by atoms with van der Waals surface area (Å²) in [7, 11) is 3.07. The Morgan fingerprint density at radius 1 is 1.15 bits per heavy atom. The Kier molecular flexibility index (Phi) is 5.75. The van der Waals surface area contributed by atoms with E-state index in [2.05, 4.69) is 5.32 Å². The van der Waals surface area contributed by atoms with Crippen molar-refractivity contribution < 1.29 is 9.53 Å². The molecule has 144 valence electrons. The summed E-state index contributed by atoms with van der Waals surface area (Å²) in [5.41, 5.74) is -0.176. The molecule has 0 spiro atoms. The van der Waals surface area contributed by atoms with Gasteiger partial charge in [-0.3, -0.25) is 14.2 Å². The highest BCUT2D eigenvalue weighted by Gasteiger charge is 2.29. The van der Waals surface area contributed by atoms with Crippen molar-refractivity contribution in [3.63, 3.8) is 0 Å². The average molecular weight is 372 g/mol. The van der Waals surface area contributed by atoms with Crippen LogP contribution in [0.3, 0.4) is 0 Å². The Balaban J connectivity index is 1.51. The van der Waals surface area contributed by atoms with E-state index in [-0.39, 0.29) is 23.2 Å². The first-order valence-electron chi connectivity index (χ1n) is 8.90. The lowest BCUT2D eigenvalue weighted by atomic mass is 10.2. The number of carbonyl (C=O) groups is 1. The van der Waals surface area contributed by atoms with Crippen LogP contribution in [0.1, 0.15) is 12.0 Å². The van der Waals surface area contributed by atoms with Gasteiger partial charge < -0.3 is 19.5 Å². The van der Waals surface area contributed by atoms with Gasteiger partial charge in [0.15, 0.2) is 0 Å². The summed E-state index contributed by atoms with van der Waals surface area (Å²) in [6.07, 6.45) is 1.93. The molecular formula is C19H24N4O4. The molecule has 1 aliphatic rings. The van der Waals surface area contributed by atoms with E-state index < -0.39 is 0 Å². The van der Waals surface area contributed by atoms with Crippen molar-refractivity contribution in [3.8, 4) is 5.75 Å². The van der Waals surface area contributed by atoms with Crippen molar-refractivity contribution in [2.45, 2.75) is 19.0 Å². The van der Waals surface area contributed by atoms with Crippen molar-refractivity contribution >= 4 is 5.91 Å². The minimum atomic E-state index is -0.357. The largest absolute Gasteiger partial charge is 0.492 e. The molecule has 27 heavy (non-hydrogen) atoms. The Morgan fingerprint density at radius 3 is 2.63 bits per heavy atom. The number of rotatable bonds is 7. The van der Waals surface area contributed by atoms with E-state index in [1.54, 1.807) is 18.1 Å². The molecule has 0 saturated carbocycles. The van der Waals surface area contributed by atoms with Crippen LogP contribution in [0.15, 0.2) is 46.1 Å². The zero-order chi connectivity index (χ0) is 19.4. The number of aromatic nitrogens is 2. The van der Waals surface area contributed by atoms with Crippen LogP contribution in [0, 0.1) is 0 Å². The molecule has 3 rings (SSSR count). The number of para-hydroxylation sites is 1. The molecule has 2 aromatic rings. The number of ether oxygens (including phenoxy) is 1. The van der Waals surface area contributed by atoms with Crippen LogP contribution in [-0.2, 0) is 25.4 Å². The lowest BCUT2D eigenvalue weighted by Gasteiger charge is -2.17. The van der Waals surface area contributed by atoms with Crippen LogP contribution < -0.4 is 21.3 Å². The van der Waals surface area contributed by atoms with Crippen molar-refractivity contribution in [1.82, 2.24) is 19.4 Å². The van der Waals surface area contributed by atoms with Crippen LogP contribution in [0.2, 0.25) is 0 Å². The van der Waals surface area contributed by atoms with Crippen molar-refractivity contribution in [2.24, 2.45) is 14.1 Å². The number of nitrogens with zero attached hydrogens (tertiary/aromatic N) is 3. The predicted molar refractivity (Wildman–Crippen MR) is 101 cm³/mol. The number of carbonyl (C=O) groups excluding carboxylic acids is 1. The van der Waals surface area contributed by atoms with Gasteiger partial charge in [-0.2, -0.15) is 0 Å². The van der Waals surface area contributed by atoms with Gasteiger partial charge in [-0.05, 0) is 12.1 Å². The van der Waals surface area contributed by atoms with Crippen LogP contribution in [-0.4, -0.2) is 45.7 Å². The molecule has 1 amide bonds. The fourth-order valence-corrected chi connectivity index (χ4v) is 3.17. The molecule has 1 atom stereocenters. The summed E-state index contributed by atoms with van der Waals surface area (Å²) in [4.78, 5) is 37.8. The molecule has 1 aliphatic heterocycles. The maximum atomic E-state index is 12.2. The van der Waals surface area contributed by atoms with Crippen molar-refractivity contribution in [1.29, 1.82) is 0 Å². The second kappa shape index (κ2) is 8.22. The van der Waals surface area contributed by atoms with E-state index in [1.807, 2.05) is 30.3 Å². The highest BCUT2D eigenvalue weighted by molar-refractivity contribution is 5.79. The van der Waals surface area contributed by atoms with E-state index in [9.17, 15) is 14.4 Å². The van der Waals surface area contributed by atoms with E-state index in [1.165, 1.54) is 11.6 Å². The summed E-state index contributed by atoms with van der Waals surface area (Å²) in [6.45, 7) is 1.84. The fraction of sp³-hybridized carbons (Fsp3) is 0.421. The summed E-state index contributed by atoms with van der Waals surface area (Å²) in [5.74, 6) is 0.849. The topological polar surface area (TPSA) is 85.6 Å². The third-order valence-electron chi connectivity index (χ3n) is 4.69. The number of benzene rings is 1. The lowest BCUT2D eigenvalue weighted by Crippen LogP contribution is -2.41.